The van der Waals surface area contributed by atoms with Crippen molar-refractivity contribution in [2.24, 2.45) is 0 Å². The van der Waals surface area contributed by atoms with E-state index in [1.54, 1.807) is 12.1 Å². The second-order valence-corrected chi connectivity index (χ2v) is 6.99. The lowest BCUT2D eigenvalue weighted by Crippen LogP contribution is -2.20. The van der Waals surface area contributed by atoms with Crippen LogP contribution in [0.4, 0.5) is 10.8 Å². The van der Waals surface area contributed by atoms with Crippen LogP contribution in [0.15, 0.2) is 51.7 Å². The first-order chi connectivity index (χ1) is 13.9. The first kappa shape index (κ1) is 18.6. The number of carbonyl (C=O) groups excluding carboxylic acids is 1. The van der Waals surface area contributed by atoms with E-state index in [4.69, 9.17) is 9.15 Å². The van der Waals surface area contributed by atoms with E-state index in [0.29, 0.717) is 23.0 Å². The minimum atomic E-state index is -0.844. The van der Waals surface area contributed by atoms with Crippen LogP contribution in [-0.2, 0) is 0 Å². The Balaban J connectivity index is 1.66. The lowest BCUT2D eigenvalue weighted by atomic mass is 10.1. The van der Waals surface area contributed by atoms with Crippen LogP contribution < -0.4 is 15.7 Å². The molecule has 0 saturated heterocycles. The van der Waals surface area contributed by atoms with Crippen molar-refractivity contribution < 1.29 is 18.9 Å². The predicted molar refractivity (Wildman–Crippen MR) is 108 cm³/mol. The van der Waals surface area contributed by atoms with E-state index in [1.807, 2.05) is 13.0 Å². The Morgan fingerprint density at radius 3 is 2.86 bits per heavy atom. The van der Waals surface area contributed by atoms with Gasteiger partial charge in [-0.1, -0.05) is 11.3 Å². The fraction of sp³-hybridized carbons (Fsp3) is 0.105. The minimum absolute atomic E-state index is 0.153. The van der Waals surface area contributed by atoms with E-state index in [-0.39, 0.29) is 22.2 Å². The summed E-state index contributed by atoms with van der Waals surface area (Å²) in [6.07, 6.45) is 0. The molecule has 0 aliphatic heterocycles. The van der Waals surface area contributed by atoms with Crippen molar-refractivity contribution in [3.05, 3.63) is 68.6 Å². The van der Waals surface area contributed by atoms with Gasteiger partial charge in [-0.25, -0.2) is 9.78 Å². The third-order valence-corrected chi connectivity index (χ3v) is 5.01. The van der Waals surface area contributed by atoms with Gasteiger partial charge < -0.3 is 9.15 Å². The average Bonchev–Trinajstić information content (AvgIpc) is 3.08. The first-order valence-corrected chi connectivity index (χ1v) is 9.33. The third kappa shape index (κ3) is 3.65. The number of thiazole rings is 1. The van der Waals surface area contributed by atoms with Crippen molar-refractivity contribution in [2.75, 3.05) is 11.9 Å². The molecule has 0 saturated carbocycles. The molecule has 1 amide bonds. The number of ether oxygens (including phenoxy) is 1. The smallest absolute Gasteiger partial charge is 0.349 e. The summed E-state index contributed by atoms with van der Waals surface area (Å²) < 4.78 is 11.4. The van der Waals surface area contributed by atoms with Gasteiger partial charge in [0.1, 0.15) is 16.9 Å². The lowest BCUT2D eigenvalue weighted by Gasteiger charge is -2.02. The van der Waals surface area contributed by atoms with Crippen molar-refractivity contribution in [2.45, 2.75) is 6.92 Å². The largest absolute Gasteiger partial charge is 0.494 e. The lowest BCUT2D eigenvalue weighted by molar-refractivity contribution is -0.384. The van der Waals surface area contributed by atoms with Crippen molar-refractivity contribution in [1.82, 2.24) is 4.98 Å². The van der Waals surface area contributed by atoms with Crippen molar-refractivity contribution in [1.29, 1.82) is 0 Å². The number of nitro groups is 1. The Labute approximate surface area is 166 Å². The molecule has 0 aliphatic carbocycles. The molecule has 2 aromatic carbocycles. The number of carbonyl (C=O) groups is 1. The number of anilines is 1. The summed E-state index contributed by atoms with van der Waals surface area (Å²) in [5, 5.41) is 14.1. The zero-order valence-corrected chi connectivity index (χ0v) is 15.8. The number of nitro benzene ring substituents is 1. The normalized spacial score (nSPS) is 10.9. The van der Waals surface area contributed by atoms with E-state index in [1.165, 1.54) is 35.6 Å². The number of fused-ring (bicyclic) bond motifs is 2. The molecule has 0 atom stereocenters. The highest BCUT2D eigenvalue weighted by Gasteiger charge is 2.17. The van der Waals surface area contributed by atoms with Crippen molar-refractivity contribution in [3.8, 4) is 5.75 Å². The van der Waals surface area contributed by atoms with Crippen LogP contribution in [0.25, 0.3) is 21.2 Å². The van der Waals surface area contributed by atoms with E-state index >= 15 is 0 Å². The van der Waals surface area contributed by atoms with Crippen LogP contribution in [0.1, 0.15) is 17.3 Å². The summed E-state index contributed by atoms with van der Waals surface area (Å²) in [6, 6.07) is 10.4. The highest BCUT2D eigenvalue weighted by Crippen LogP contribution is 2.29. The molecule has 0 bridgehead atoms. The zero-order valence-electron chi connectivity index (χ0n) is 15.0. The molecule has 0 spiro atoms. The number of nitrogens with zero attached hydrogens (tertiary/aromatic N) is 2. The summed E-state index contributed by atoms with van der Waals surface area (Å²) in [4.78, 5) is 39.5. The van der Waals surface area contributed by atoms with E-state index in [0.717, 1.165) is 4.70 Å². The highest BCUT2D eigenvalue weighted by atomic mass is 32.1. The van der Waals surface area contributed by atoms with Gasteiger partial charge in [0, 0.05) is 23.6 Å². The number of hydrogen-bond acceptors (Lipinski definition) is 8. The molecule has 4 aromatic rings. The number of nitrogens with one attached hydrogen (secondary N) is 1. The Morgan fingerprint density at radius 2 is 2.10 bits per heavy atom. The molecule has 10 heteroatoms. The standard InChI is InChI=1S/C19H13N3O6S/c1-2-27-12-4-6-16-14(9-12)20-19(29-16)21-17(23)13-8-10-7-11(22(25)26)3-5-15(10)28-18(13)24/h3-9H,2H2,1H3,(H,20,21,23). The molecule has 0 radical (unpaired) electrons. The number of non-ortho nitro benzene ring substituents is 1. The van der Waals surface area contributed by atoms with Gasteiger partial charge in [-0.3, -0.25) is 20.2 Å². The van der Waals surface area contributed by atoms with Gasteiger partial charge in [0.2, 0.25) is 0 Å². The van der Waals surface area contributed by atoms with Crippen LogP contribution in [0.3, 0.4) is 0 Å². The summed E-state index contributed by atoms with van der Waals surface area (Å²) in [6.45, 7) is 2.40. The maximum absolute atomic E-state index is 12.6. The maximum Gasteiger partial charge on any atom is 0.349 e. The molecule has 1 N–H and O–H groups in total. The van der Waals surface area contributed by atoms with Gasteiger partial charge in [-0.15, -0.1) is 0 Å². The highest BCUT2D eigenvalue weighted by molar-refractivity contribution is 7.22. The van der Waals surface area contributed by atoms with E-state index in [9.17, 15) is 19.7 Å². The zero-order chi connectivity index (χ0) is 20.5. The van der Waals surface area contributed by atoms with Crippen LogP contribution in [0, 0.1) is 10.1 Å². The number of amides is 1. The Morgan fingerprint density at radius 1 is 1.28 bits per heavy atom. The molecule has 4 rings (SSSR count). The van der Waals surface area contributed by atoms with Crippen molar-refractivity contribution in [3.63, 3.8) is 0 Å². The number of benzene rings is 2. The Bertz CT molecular complexity index is 1330. The quantitative estimate of drug-likeness (QED) is 0.299. The van der Waals surface area contributed by atoms with Crippen molar-refractivity contribution >= 4 is 49.2 Å². The molecule has 29 heavy (non-hydrogen) atoms. The molecule has 0 fully saturated rings. The second-order valence-electron chi connectivity index (χ2n) is 5.96. The van der Waals surface area contributed by atoms with Gasteiger partial charge in [-0.2, -0.15) is 0 Å². The number of rotatable bonds is 5. The molecule has 146 valence electrons. The van der Waals surface area contributed by atoms with E-state index < -0.39 is 16.5 Å². The maximum atomic E-state index is 12.6. The minimum Gasteiger partial charge on any atom is -0.494 e. The molecular weight excluding hydrogens is 398 g/mol. The SMILES string of the molecule is CCOc1ccc2sc(NC(=O)c3cc4cc([N+](=O)[O-])ccc4oc3=O)nc2c1. The topological polar surface area (TPSA) is 125 Å². The molecular formula is C19H13N3O6S. The Hall–Kier alpha value is -3.79. The molecule has 2 heterocycles. The second kappa shape index (κ2) is 7.32. The summed E-state index contributed by atoms with van der Waals surface area (Å²) in [7, 11) is 0. The first-order valence-electron chi connectivity index (χ1n) is 8.51. The van der Waals surface area contributed by atoms with Crippen LogP contribution in [-0.4, -0.2) is 22.4 Å². The Kier molecular flexibility index (Phi) is 4.69. The predicted octanol–water partition coefficient (Wildman–Crippen LogP) is 3.96. The van der Waals surface area contributed by atoms with Gasteiger partial charge in [0.15, 0.2) is 5.13 Å². The van der Waals surface area contributed by atoms with Gasteiger partial charge in [0.05, 0.1) is 21.7 Å². The molecule has 2 aromatic heterocycles. The van der Waals surface area contributed by atoms with Crippen LogP contribution >= 0.6 is 11.3 Å². The molecule has 9 nitrogen and oxygen atoms in total. The summed E-state index contributed by atoms with van der Waals surface area (Å²) in [5.41, 5.74) is -0.483. The molecule has 0 aliphatic rings. The summed E-state index contributed by atoms with van der Waals surface area (Å²) >= 11 is 1.24. The number of hydrogen-bond donors (Lipinski definition) is 1. The monoisotopic (exact) mass is 411 g/mol. The van der Waals surface area contributed by atoms with Gasteiger partial charge >= 0.3 is 5.63 Å². The fourth-order valence-corrected chi connectivity index (χ4v) is 3.61. The number of aromatic nitrogens is 1. The summed E-state index contributed by atoms with van der Waals surface area (Å²) in [5.74, 6) is -0.0452. The fourth-order valence-electron chi connectivity index (χ4n) is 2.76. The van der Waals surface area contributed by atoms with Gasteiger partial charge in [0.25, 0.3) is 11.6 Å². The molecule has 0 unspecified atom stereocenters. The average molecular weight is 411 g/mol. The van der Waals surface area contributed by atoms with E-state index in [2.05, 4.69) is 10.3 Å². The van der Waals surface area contributed by atoms with Crippen LogP contribution in [0.2, 0.25) is 0 Å². The third-order valence-electron chi connectivity index (χ3n) is 4.06. The van der Waals surface area contributed by atoms with Gasteiger partial charge in [-0.05, 0) is 31.2 Å². The van der Waals surface area contributed by atoms with Crippen LogP contribution in [0.5, 0.6) is 5.75 Å².